The summed E-state index contributed by atoms with van der Waals surface area (Å²) in [4.78, 5) is 2.70. The standard InChI is InChI=1S/C19H31N3O/c1-2-23-16-8-6-15(7-9-16)22-12-10-14(11-13-22)17-4-3-5-18(20)19(17)21/h3-5,14-16H,2,6-13,20-21H2,1H3. The van der Waals surface area contributed by atoms with E-state index in [2.05, 4.69) is 17.9 Å². The number of para-hydroxylation sites is 1. The molecule has 2 aliphatic rings. The number of nitrogens with two attached hydrogens (primary N) is 2. The van der Waals surface area contributed by atoms with Gasteiger partial charge < -0.3 is 21.1 Å². The number of hydrogen-bond acceptors (Lipinski definition) is 4. The van der Waals surface area contributed by atoms with Crippen molar-refractivity contribution in [3.05, 3.63) is 23.8 Å². The monoisotopic (exact) mass is 317 g/mol. The Hall–Kier alpha value is -1.26. The van der Waals surface area contributed by atoms with Gasteiger partial charge in [-0.25, -0.2) is 0 Å². The van der Waals surface area contributed by atoms with E-state index in [1.807, 2.05) is 12.1 Å². The summed E-state index contributed by atoms with van der Waals surface area (Å²) in [7, 11) is 0. The Kier molecular flexibility index (Phi) is 5.44. The predicted molar refractivity (Wildman–Crippen MR) is 96.5 cm³/mol. The molecule has 1 saturated carbocycles. The molecule has 4 N–H and O–H groups in total. The van der Waals surface area contributed by atoms with E-state index in [1.165, 1.54) is 57.2 Å². The molecule has 0 radical (unpaired) electrons. The second kappa shape index (κ2) is 7.54. The molecular weight excluding hydrogens is 286 g/mol. The fourth-order valence-electron chi connectivity index (χ4n) is 4.35. The van der Waals surface area contributed by atoms with Gasteiger partial charge in [0.2, 0.25) is 0 Å². The predicted octanol–water partition coefficient (Wildman–Crippen LogP) is 3.38. The highest BCUT2D eigenvalue weighted by Crippen LogP contribution is 2.36. The Balaban J connectivity index is 1.52. The van der Waals surface area contributed by atoms with Gasteiger partial charge in [0, 0.05) is 12.6 Å². The molecule has 4 heteroatoms. The van der Waals surface area contributed by atoms with Gasteiger partial charge >= 0.3 is 0 Å². The highest BCUT2D eigenvalue weighted by atomic mass is 16.5. The van der Waals surface area contributed by atoms with Crippen molar-refractivity contribution >= 4 is 11.4 Å². The Morgan fingerprint density at radius 2 is 1.74 bits per heavy atom. The van der Waals surface area contributed by atoms with E-state index in [4.69, 9.17) is 16.2 Å². The van der Waals surface area contributed by atoms with Gasteiger partial charge in [-0.2, -0.15) is 0 Å². The summed E-state index contributed by atoms with van der Waals surface area (Å²) in [6.07, 6.45) is 7.91. The molecule has 4 nitrogen and oxygen atoms in total. The molecule has 1 aliphatic carbocycles. The fourth-order valence-corrected chi connectivity index (χ4v) is 4.35. The average molecular weight is 317 g/mol. The number of nitrogen functional groups attached to an aromatic ring is 2. The van der Waals surface area contributed by atoms with E-state index in [9.17, 15) is 0 Å². The van der Waals surface area contributed by atoms with Crippen LogP contribution >= 0.6 is 0 Å². The SMILES string of the molecule is CCOC1CCC(N2CCC(c3cccc(N)c3N)CC2)CC1. The molecule has 1 aliphatic heterocycles. The van der Waals surface area contributed by atoms with Crippen LogP contribution in [0.3, 0.4) is 0 Å². The molecule has 0 unspecified atom stereocenters. The summed E-state index contributed by atoms with van der Waals surface area (Å²) in [5.74, 6) is 0.564. The second-order valence-corrected chi connectivity index (χ2v) is 7.05. The van der Waals surface area contributed by atoms with Crippen LogP contribution in [-0.4, -0.2) is 36.7 Å². The zero-order chi connectivity index (χ0) is 16.2. The van der Waals surface area contributed by atoms with Crippen molar-refractivity contribution in [3.63, 3.8) is 0 Å². The van der Waals surface area contributed by atoms with Gasteiger partial charge in [-0.05, 0) is 76.1 Å². The number of anilines is 2. The van der Waals surface area contributed by atoms with Crippen LogP contribution in [0, 0.1) is 0 Å². The minimum absolute atomic E-state index is 0.501. The Morgan fingerprint density at radius 1 is 1.04 bits per heavy atom. The van der Waals surface area contributed by atoms with Gasteiger partial charge in [-0.1, -0.05) is 12.1 Å². The zero-order valence-corrected chi connectivity index (χ0v) is 14.3. The van der Waals surface area contributed by atoms with Crippen LogP contribution in [0.1, 0.15) is 56.9 Å². The van der Waals surface area contributed by atoms with Gasteiger partial charge in [0.1, 0.15) is 0 Å². The number of benzene rings is 1. The van der Waals surface area contributed by atoms with E-state index in [-0.39, 0.29) is 0 Å². The number of ether oxygens (including phenoxy) is 1. The lowest BCUT2D eigenvalue weighted by atomic mass is 9.85. The molecule has 2 fully saturated rings. The molecule has 0 bridgehead atoms. The molecule has 0 spiro atoms. The van der Waals surface area contributed by atoms with Crippen LogP contribution in [0.5, 0.6) is 0 Å². The molecule has 23 heavy (non-hydrogen) atoms. The van der Waals surface area contributed by atoms with Crippen LogP contribution in [0.25, 0.3) is 0 Å². The van der Waals surface area contributed by atoms with Crippen LogP contribution in [0.2, 0.25) is 0 Å². The maximum Gasteiger partial charge on any atom is 0.0583 e. The number of hydrogen-bond donors (Lipinski definition) is 2. The number of piperidine rings is 1. The van der Waals surface area contributed by atoms with Gasteiger partial charge in [0.15, 0.2) is 0 Å². The number of rotatable bonds is 4. The molecule has 1 saturated heterocycles. The summed E-state index contributed by atoms with van der Waals surface area (Å²) < 4.78 is 5.77. The summed E-state index contributed by atoms with van der Waals surface area (Å²) in [5.41, 5.74) is 14.9. The van der Waals surface area contributed by atoms with Crippen molar-refractivity contribution in [2.24, 2.45) is 0 Å². The Morgan fingerprint density at radius 3 is 2.39 bits per heavy atom. The molecule has 3 rings (SSSR count). The summed E-state index contributed by atoms with van der Waals surface area (Å²) >= 11 is 0. The molecule has 128 valence electrons. The third kappa shape index (κ3) is 3.81. The quantitative estimate of drug-likeness (QED) is 0.836. The lowest BCUT2D eigenvalue weighted by molar-refractivity contribution is 0.00947. The van der Waals surface area contributed by atoms with Crippen molar-refractivity contribution in [1.82, 2.24) is 4.90 Å². The van der Waals surface area contributed by atoms with E-state index >= 15 is 0 Å². The minimum Gasteiger partial charge on any atom is -0.397 e. The first-order valence-corrected chi connectivity index (χ1v) is 9.18. The molecule has 0 aromatic heterocycles. The van der Waals surface area contributed by atoms with Gasteiger partial charge in [-0.15, -0.1) is 0 Å². The highest BCUT2D eigenvalue weighted by molar-refractivity contribution is 5.68. The summed E-state index contributed by atoms with van der Waals surface area (Å²) in [5, 5.41) is 0. The minimum atomic E-state index is 0.501. The van der Waals surface area contributed by atoms with E-state index in [0.29, 0.717) is 12.0 Å². The summed E-state index contributed by atoms with van der Waals surface area (Å²) in [6.45, 7) is 5.31. The first kappa shape index (κ1) is 16.6. The third-order valence-electron chi connectivity index (χ3n) is 5.71. The molecule has 0 atom stereocenters. The zero-order valence-electron chi connectivity index (χ0n) is 14.3. The molecular formula is C19H31N3O. The van der Waals surface area contributed by atoms with Gasteiger partial charge in [0.05, 0.1) is 17.5 Å². The van der Waals surface area contributed by atoms with Crippen molar-refractivity contribution in [3.8, 4) is 0 Å². The van der Waals surface area contributed by atoms with E-state index in [1.54, 1.807) is 0 Å². The number of nitrogens with zero attached hydrogens (tertiary/aromatic N) is 1. The second-order valence-electron chi connectivity index (χ2n) is 7.05. The van der Waals surface area contributed by atoms with Crippen LogP contribution < -0.4 is 11.5 Å². The van der Waals surface area contributed by atoms with Crippen molar-refractivity contribution in [2.75, 3.05) is 31.2 Å². The van der Waals surface area contributed by atoms with E-state index in [0.717, 1.165) is 24.0 Å². The first-order valence-electron chi connectivity index (χ1n) is 9.18. The maximum atomic E-state index is 6.18. The van der Waals surface area contributed by atoms with Crippen molar-refractivity contribution < 1.29 is 4.74 Å². The van der Waals surface area contributed by atoms with Crippen LogP contribution in [0.15, 0.2) is 18.2 Å². The highest BCUT2D eigenvalue weighted by Gasteiger charge is 2.30. The Labute approximate surface area is 140 Å². The maximum absolute atomic E-state index is 6.18. The van der Waals surface area contributed by atoms with Crippen molar-refractivity contribution in [2.45, 2.75) is 63.5 Å². The topological polar surface area (TPSA) is 64.5 Å². The van der Waals surface area contributed by atoms with Crippen LogP contribution in [-0.2, 0) is 4.74 Å². The lowest BCUT2D eigenvalue weighted by Gasteiger charge is -2.41. The fraction of sp³-hybridized carbons (Fsp3) is 0.684. The van der Waals surface area contributed by atoms with Crippen LogP contribution in [0.4, 0.5) is 11.4 Å². The number of likely N-dealkylation sites (tertiary alicyclic amines) is 1. The molecule has 1 heterocycles. The first-order chi connectivity index (χ1) is 11.2. The van der Waals surface area contributed by atoms with Gasteiger partial charge in [0.25, 0.3) is 0 Å². The lowest BCUT2D eigenvalue weighted by Crippen LogP contribution is -2.43. The smallest absolute Gasteiger partial charge is 0.0583 e. The van der Waals surface area contributed by atoms with E-state index < -0.39 is 0 Å². The third-order valence-corrected chi connectivity index (χ3v) is 5.71. The summed E-state index contributed by atoms with van der Waals surface area (Å²) in [6, 6.07) is 6.83. The molecule has 1 aromatic carbocycles. The van der Waals surface area contributed by atoms with Gasteiger partial charge in [-0.3, -0.25) is 0 Å². The normalized spacial score (nSPS) is 27.2. The molecule has 0 amide bonds. The Bertz CT molecular complexity index is 503. The largest absolute Gasteiger partial charge is 0.397 e. The average Bonchev–Trinajstić information content (AvgIpc) is 2.59. The van der Waals surface area contributed by atoms with Crippen molar-refractivity contribution in [1.29, 1.82) is 0 Å². The molecule has 1 aromatic rings.